The molecule has 1 amide bonds. The zero-order valence-corrected chi connectivity index (χ0v) is 12.9. The topological polar surface area (TPSA) is 59.8 Å². The smallest absolute Gasteiger partial charge is 0.252 e. The van der Waals surface area contributed by atoms with Gasteiger partial charge in [0.05, 0.1) is 6.04 Å². The number of rotatable bonds is 3. The summed E-state index contributed by atoms with van der Waals surface area (Å²) < 4.78 is 28.5. The molecule has 5 nitrogen and oxygen atoms in total. The molecule has 0 radical (unpaired) electrons. The van der Waals surface area contributed by atoms with Crippen LogP contribution in [-0.4, -0.2) is 20.7 Å². The predicted molar refractivity (Wildman–Crippen MR) is 79.8 cm³/mol. The molecule has 23 heavy (non-hydrogen) atoms. The van der Waals surface area contributed by atoms with Gasteiger partial charge in [-0.15, -0.1) is 10.2 Å². The summed E-state index contributed by atoms with van der Waals surface area (Å²) in [6.45, 7) is 2.61. The van der Waals surface area contributed by atoms with E-state index in [1.165, 1.54) is 0 Å². The van der Waals surface area contributed by atoms with Crippen molar-refractivity contribution < 1.29 is 13.6 Å². The van der Waals surface area contributed by atoms with E-state index in [2.05, 4.69) is 15.5 Å². The van der Waals surface area contributed by atoms with E-state index >= 15 is 0 Å². The van der Waals surface area contributed by atoms with Crippen molar-refractivity contribution in [1.82, 2.24) is 20.1 Å². The Balaban J connectivity index is 1.77. The average Bonchev–Trinajstić information content (AvgIpc) is 2.75. The van der Waals surface area contributed by atoms with E-state index in [9.17, 15) is 13.6 Å². The van der Waals surface area contributed by atoms with Crippen LogP contribution in [0.25, 0.3) is 0 Å². The van der Waals surface area contributed by atoms with Crippen LogP contribution in [0.4, 0.5) is 8.78 Å². The van der Waals surface area contributed by atoms with Gasteiger partial charge in [0.25, 0.3) is 5.91 Å². The minimum Gasteiger partial charge on any atom is -0.342 e. The summed E-state index contributed by atoms with van der Waals surface area (Å²) in [5.41, 5.74) is -0.0510. The summed E-state index contributed by atoms with van der Waals surface area (Å²) in [5.74, 6) is -0.498. The fourth-order valence-corrected chi connectivity index (χ4v) is 2.86. The maximum atomic E-state index is 13.2. The number of aryl methyl sites for hydroxylation is 1. The monoisotopic (exact) mass is 320 g/mol. The number of fused-ring (bicyclic) bond motifs is 1. The van der Waals surface area contributed by atoms with E-state index in [0.29, 0.717) is 5.82 Å². The molecule has 3 rings (SSSR count). The molecule has 1 aromatic heterocycles. The lowest BCUT2D eigenvalue weighted by atomic mass is 10.2. The lowest BCUT2D eigenvalue weighted by Crippen LogP contribution is -2.29. The number of hydrogen-bond acceptors (Lipinski definition) is 3. The van der Waals surface area contributed by atoms with E-state index in [0.717, 1.165) is 56.3 Å². The van der Waals surface area contributed by atoms with E-state index in [4.69, 9.17) is 0 Å². The van der Waals surface area contributed by atoms with Crippen molar-refractivity contribution in [3.05, 3.63) is 47.0 Å². The van der Waals surface area contributed by atoms with Gasteiger partial charge < -0.3 is 9.88 Å². The minimum absolute atomic E-state index is 0.0510. The maximum Gasteiger partial charge on any atom is 0.252 e. The van der Waals surface area contributed by atoms with Crippen molar-refractivity contribution in [2.45, 2.75) is 45.2 Å². The molecule has 7 heteroatoms. The second kappa shape index (κ2) is 6.44. The van der Waals surface area contributed by atoms with Crippen LogP contribution in [0.15, 0.2) is 18.2 Å². The number of carbonyl (C=O) groups excluding carboxylic acids is 1. The Hall–Kier alpha value is -2.31. The highest BCUT2D eigenvalue weighted by molar-refractivity contribution is 5.94. The van der Waals surface area contributed by atoms with Gasteiger partial charge in [0.2, 0.25) is 0 Å². The van der Waals surface area contributed by atoms with Crippen molar-refractivity contribution in [3.8, 4) is 0 Å². The molecule has 2 aromatic rings. The van der Waals surface area contributed by atoms with Crippen LogP contribution in [0.3, 0.4) is 0 Å². The first-order valence-corrected chi connectivity index (χ1v) is 7.73. The standard InChI is InChI=1S/C16H18F2N4O/c1-10(15-21-20-14-5-3-2-4-6-22(14)15)19-16(23)11-7-12(17)9-13(18)8-11/h7-10H,2-6H2,1H3,(H,19,23). The molecule has 1 atom stereocenters. The number of halogens is 2. The van der Waals surface area contributed by atoms with Gasteiger partial charge in [-0.1, -0.05) is 6.42 Å². The summed E-state index contributed by atoms with van der Waals surface area (Å²) in [5, 5.41) is 11.1. The van der Waals surface area contributed by atoms with Gasteiger partial charge in [-0.2, -0.15) is 0 Å². The molecule has 1 aromatic carbocycles. The second-order valence-corrected chi connectivity index (χ2v) is 5.79. The highest BCUT2D eigenvalue weighted by atomic mass is 19.1. The first-order chi connectivity index (χ1) is 11.0. The predicted octanol–water partition coefficient (Wildman–Crippen LogP) is 2.77. The average molecular weight is 320 g/mol. The van der Waals surface area contributed by atoms with Crippen molar-refractivity contribution in [2.75, 3.05) is 0 Å². The molecule has 1 aliphatic heterocycles. The minimum atomic E-state index is -0.779. The van der Waals surface area contributed by atoms with Crippen molar-refractivity contribution >= 4 is 5.91 Å². The zero-order chi connectivity index (χ0) is 16.4. The van der Waals surface area contributed by atoms with Crippen molar-refractivity contribution in [2.24, 2.45) is 0 Å². The Morgan fingerprint density at radius 2 is 1.91 bits per heavy atom. The molecule has 122 valence electrons. The molecule has 0 fully saturated rings. The number of nitrogens with zero attached hydrogens (tertiary/aromatic N) is 3. The second-order valence-electron chi connectivity index (χ2n) is 5.79. The lowest BCUT2D eigenvalue weighted by molar-refractivity contribution is 0.0936. The fourth-order valence-electron chi connectivity index (χ4n) is 2.86. The lowest BCUT2D eigenvalue weighted by Gasteiger charge is -2.15. The Morgan fingerprint density at radius 1 is 1.17 bits per heavy atom. The van der Waals surface area contributed by atoms with Crippen molar-refractivity contribution in [3.63, 3.8) is 0 Å². The summed E-state index contributed by atoms with van der Waals surface area (Å²) in [7, 11) is 0. The Labute approximate surface area is 132 Å². The first kappa shape index (κ1) is 15.6. The van der Waals surface area contributed by atoms with E-state index in [1.807, 2.05) is 4.57 Å². The third-order valence-corrected chi connectivity index (χ3v) is 4.00. The molecule has 2 heterocycles. The maximum absolute atomic E-state index is 13.2. The first-order valence-electron chi connectivity index (χ1n) is 7.73. The summed E-state index contributed by atoms with van der Waals surface area (Å²) in [6.07, 6.45) is 4.16. The van der Waals surface area contributed by atoms with Crippen LogP contribution in [-0.2, 0) is 13.0 Å². The zero-order valence-electron chi connectivity index (χ0n) is 12.9. The van der Waals surface area contributed by atoms with Crippen LogP contribution in [0.5, 0.6) is 0 Å². The van der Waals surface area contributed by atoms with Crippen molar-refractivity contribution in [1.29, 1.82) is 0 Å². The van der Waals surface area contributed by atoms with Crippen LogP contribution in [0.2, 0.25) is 0 Å². The van der Waals surface area contributed by atoms with Gasteiger partial charge in [-0.3, -0.25) is 4.79 Å². The highest BCUT2D eigenvalue weighted by Crippen LogP contribution is 2.19. The fraction of sp³-hybridized carbons (Fsp3) is 0.438. The summed E-state index contributed by atoms with van der Waals surface area (Å²) in [4.78, 5) is 12.2. The molecule has 0 bridgehead atoms. The quantitative estimate of drug-likeness (QED) is 0.946. The molecule has 1 unspecified atom stereocenters. The molecular weight excluding hydrogens is 302 g/mol. The van der Waals surface area contributed by atoms with E-state index in [1.54, 1.807) is 6.92 Å². The summed E-state index contributed by atoms with van der Waals surface area (Å²) in [6, 6.07) is 2.36. The van der Waals surface area contributed by atoms with Crippen LogP contribution in [0, 0.1) is 11.6 Å². The number of nitrogens with one attached hydrogen (secondary N) is 1. The summed E-state index contributed by atoms with van der Waals surface area (Å²) >= 11 is 0. The van der Waals surface area contributed by atoms with Gasteiger partial charge in [0.15, 0.2) is 5.82 Å². The normalized spacial score (nSPS) is 15.6. The van der Waals surface area contributed by atoms with Crippen LogP contribution in [0.1, 0.15) is 54.2 Å². The van der Waals surface area contributed by atoms with Crippen LogP contribution >= 0.6 is 0 Å². The molecule has 0 aliphatic carbocycles. The van der Waals surface area contributed by atoms with E-state index < -0.39 is 23.6 Å². The highest BCUT2D eigenvalue weighted by Gasteiger charge is 2.21. The Kier molecular flexibility index (Phi) is 4.36. The molecule has 1 aliphatic rings. The number of amides is 1. The third-order valence-electron chi connectivity index (χ3n) is 4.00. The number of hydrogen-bond donors (Lipinski definition) is 1. The molecule has 0 saturated carbocycles. The van der Waals surface area contributed by atoms with Gasteiger partial charge in [-0.25, -0.2) is 8.78 Å². The third kappa shape index (κ3) is 3.38. The Morgan fingerprint density at radius 3 is 2.65 bits per heavy atom. The van der Waals surface area contributed by atoms with Gasteiger partial charge in [-0.05, 0) is 31.9 Å². The van der Waals surface area contributed by atoms with Gasteiger partial charge in [0, 0.05) is 24.6 Å². The molecular formula is C16H18F2N4O. The van der Waals surface area contributed by atoms with Gasteiger partial charge >= 0.3 is 0 Å². The number of benzene rings is 1. The van der Waals surface area contributed by atoms with E-state index in [-0.39, 0.29) is 5.56 Å². The van der Waals surface area contributed by atoms with Crippen LogP contribution < -0.4 is 5.32 Å². The number of carbonyl (C=O) groups is 1. The SMILES string of the molecule is CC(NC(=O)c1cc(F)cc(F)c1)c1nnc2n1CCCCC2. The number of aromatic nitrogens is 3. The molecule has 0 saturated heterocycles. The molecule has 1 N–H and O–H groups in total. The Bertz CT molecular complexity index is 709. The van der Waals surface area contributed by atoms with Gasteiger partial charge in [0.1, 0.15) is 17.5 Å². The molecule has 0 spiro atoms. The largest absolute Gasteiger partial charge is 0.342 e.